The van der Waals surface area contributed by atoms with Crippen LogP contribution in [0, 0.1) is 0 Å². The van der Waals surface area contributed by atoms with Crippen molar-refractivity contribution in [1.82, 2.24) is 20.7 Å². The maximum Gasteiger partial charge on any atom is 0.179 e. The Kier molecular flexibility index (Phi) is 9.42. The van der Waals surface area contributed by atoms with Crippen LogP contribution >= 0.6 is 0 Å². The molecule has 2 aromatic carbocycles. The molecule has 1 aliphatic heterocycles. The van der Waals surface area contributed by atoms with Crippen LogP contribution in [-0.4, -0.2) is 66.3 Å². The van der Waals surface area contributed by atoms with Crippen LogP contribution in [0.1, 0.15) is 48.3 Å². The van der Waals surface area contributed by atoms with Crippen LogP contribution in [0.3, 0.4) is 0 Å². The third kappa shape index (κ3) is 6.48. The summed E-state index contributed by atoms with van der Waals surface area (Å²) in [5.74, 6) is 0.231. The monoisotopic (exact) mass is 480 g/mol. The molecule has 0 unspecified atom stereocenters. The van der Waals surface area contributed by atoms with E-state index in [0.717, 1.165) is 44.8 Å². The number of piperazine rings is 1. The lowest BCUT2D eigenvalue weighted by Gasteiger charge is -2.27. The topological polar surface area (TPSA) is 111 Å². The fourth-order valence-corrected chi connectivity index (χ4v) is 3.99. The molecular formula is C27H36N4O4. The summed E-state index contributed by atoms with van der Waals surface area (Å²) in [6.45, 7) is 11.9. The summed E-state index contributed by atoms with van der Waals surface area (Å²) in [4.78, 5) is 14.0. The second kappa shape index (κ2) is 12.5. The molecular weight excluding hydrogens is 444 g/mol. The molecule has 0 aliphatic carbocycles. The van der Waals surface area contributed by atoms with Crippen LogP contribution in [0.5, 0.6) is 11.5 Å². The maximum absolute atomic E-state index is 11.7. The number of carbonyl (C=O) groups excluding carboxylic acids is 1. The lowest BCUT2D eigenvalue weighted by molar-refractivity contribution is 0.111. The van der Waals surface area contributed by atoms with E-state index < -0.39 is 0 Å². The molecule has 1 saturated heterocycles. The van der Waals surface area contributed by atoms with Crippen LogP contribution in [0.2, 0.25) is 0 Å². The van der Waals surface area contributed by atoms with Crippen molar-refractivity contribution in [3.8, 4) is 33.9 Å². The number of rotatable bonds is 7. The highest BCUT2D eigenvalue weighted by Gasteiger charge is 2.23. The van der Waals surface area contributed by atoms with E-state index in [2.05, 4.69) is 27.6 Å². The summed E-state index contributed by atoms with van der Waals surface area (Å²) in [6, 6.07) is 11.0. The first-order valence-corrected chi connectivity index (χ1v) is 12.1. The number of hydrogen-bond donors (Lipinski definition) is 4. The number of aromatic hydroxyl groups is 2. The SMILES string of the molecule is CC(C)c1cc(-c2onc(C=O)c2-c2ccc(CN3CCNCC3)cc2)c(O)cc1O.CCNC. The summed E-state index contributed by atoms with van der Waals surface area (Å²) in [5.41, 5.74) is 3.73. The highest BCUT2D eigenvalue weighted by Crippen LogP contribution is 2.42. The van der Waals surface area contributed by atoms with Crippen molar-refractivity contribution >= 4 is 6.29 Å². The Morgan fingerprint density at radius 3 is 2.37 bits per heavy atom. The Morgan fingerprint density at radius 1 is 1.14 bits per heavy atom. The van der Waals surface area contributed by atoms with Crippen LogP contribution in [0.4, 0.5) is 0 Å². The van der Waals surface area contributed by atoms with Crippen molar-refractivity contribution in [2.24, 2.45) is 0 Å². The molecule has 0 amide bonds. The third-order valence-corrected chi connectivity index (χ3v) is 6.05. The maximum atomic E-state index is 11.7. The molecule has 1 aliphatic rings. The predicted octanol–water partition coefficient (Wildman–Crippen LogP) is 3.99. The average Bonchev–Trinajstić information content (AvgIpc) is 3.29. The van der Waals surface area contributed by atoms with Crippen molar-refractivity contribution in [1.29, 1.82) is 0 Å². The average molecular weight is 481 g/mol. The van der Waals surface area contributed by atoms with Gasteiger partial charge in [-0.05, 0) is 42.3 Å². The van der Waals surface area contributed by atoms with Crippen molar-refractivity contribution in [3.63, 3.8) is 0 Å². The summed E-state index contributed by atoms with van der Waals surface area (Å²) < 4.78 is 5.50. The molecule has 0 atom stereocenters. The number of carbonyl (C=O) groups is 1. The van der Waals surface area contributed by atoms with Gasteiger partial charge in [0.2, 0.25) is 0 Å². The smallest absolute Gasteiger partial charge is 0.179 e. The lowest BCUT2D eigenvalue weighted by Crippen LogP contribution is -2.42. The van der Waals surface area contributed by atoms with Gasteiger partial charge in [0, 0.05) is 38.8 Å². The van der Waals surface area contributed by atoms with Crippen molar-refractivity contribution in [2.45, 2.75) is 33.2 Å². The molecule has 4 N–H and O–H groups in total. The molecule has 0 bridgehead atoms. The van der Waals surface area contributed by atoms with E-state index in [-0.39, 0.29) is 23.1 Å². The molecule has 0 spiro atoms. The lowest BCUT2D eigenvalue weighted by atomic mass is 9.94. The van der Waals surface area contributed by atoms with Crippen LogP contribution in [0.15, 0.2) is 40.9 Å². The van der Waals surface area contributed by atoms with Gasteiger partial charge in [-0.2, -0.15) is 0 Å². The zero-order valence-electron chi connectivity index (χ0n) is 21.0. The molecule has 2 heterocycles. The number of benzene rings is 2. The molecule has 4 rings (SSSR count). The minimum absolute atomic E-state index is 0.0187. The van der Waals surface area contributed by atoms with E-state index >= 15 is 0 Å². The quantitative estimate of drug-likeness (QED) is 0.376. The number of phenolic OH excluding ortho intramolecular Hbond substituents is 2. The standard InChI is InChI=1S/C24H27N3O4.C3H9N/c1-15(2)18-11-19(22(30)12-21(18)29)24-23(20(14-28)26-31-24)17-5-3-16(4-6-17)13-27-9-7-25-8-10-27;1-3-4-2/h3-6,11-12,14-15,25,29-30H,7-10,13H2,1-2H3;4H,3H2,1-2H3. The van der Waals surface area contributed by atoms with E-state index in [1.165, 1.54) is 11.6 Å². The van der Waals surface area contributed by atoms with Crippen molar-refractivity contribution < 1.29 is 19.5 Å². The molecule has 1 fully saturated rings. The van der Waals surface area contributed by atoms with Gasteiger partial charge in [-0.1, -0.05) is 50.2 Å². The number of nitrogens with one attached hydrogen (secondary N) is 2. The number of aromatic nitrogens is 1. The van der Waals surface area contributed by atoms with Gasteiger partial charge in [-0.15, -0.1) is 0 Å². The van der Waals surface area contributed by atoms with Gasteiger partial charge in [0.05, 0.1) is 11.1 Å². The molecule has 1 aromatic heterocycles. The van der Waals surface area contributed by atoms with E-state index in [0.29, 0.717) is 28.7 Å². The minimum Gasteiger partial charge on any atom is -0.508 e. The zero-order chi connectivity index (χ0) is 25.4. The van der Waals surface area contributed by atoms with Gasteiger partial charge in [0.25, 0.3) is 0 Å². The first-order chi connectivity index (χ1) is 16.9. The molecule has 0 saturated carbocycles. The fraction of sp³-hybridized carbons (Fsp3) is 0.407. The highest BCUT2D eigenvalue weighted by molar-refractivity contribution is 5.93. The zero-order valence-corrected chi connectivity index (χ0v) is 21.0. The van der Waals surface area contributed by atoms with Gasteiger partial charge in [0.1, 0.15) is 11.5 Å². The Labute approximate surface area is 206 Å². The minimum atomic E-state index is -0.132. The van der Waals surface area contributed by atoms with Crippen molar-refractivity contribution in [3.05, 3.63) is 53.2 Å². The summed E-state index contributed by atoms with van der Waals surface area (Å²) in [7, 11) is 1.93. The van der Waals surface area contributed by atoms with Crippen LogP contribution in [0.25, 0.3) is 22.5 Å². The Hall–Kier alpha value is -3.20. The van der Waals surface area contributed by atoms with Crippen LogP contribution < -0.4 is 10.6 Å². The molecule has 8 heteroatoms. The van der Waals surface area contributed by atoms with Crippen LogP contribution in [-0.2, 0) is 6.54 Å². The van der Waals surface area contributed by atoms with E-state index in [1.807, 2.05) is 45.2 Å². The summed E-state index contributed by atoms with van der Waals surface area (Å²) in [5, 5.41) is 30.8. The second-order valence-electron chi connectivity index (χ2n) is 8.90. The molecule has 188 valence electrons. The number of nitrogens with zero attached hydrogens (tertiary/aromatic N) is 2. The Bertz CT molecular complexity index is 1100. The first-order valence-electron chi connectivity index (χ1n) is 12.1. The summed E-state index contributed by atoms with van der Waals surface area (Å²) >= 11 is 0. The number of phenols is 2. The van der Waals surface area contributed by atoms with E-state index in [4.69, 9.17) is 4.52 Å². The van der Waals surface area contributed by atoms with Gasteiger partial charge in [0.15, 0.2) is 17.7 Å². The third-order valence-electron chi connectivity index (χ3n) is 6.05. The van der Waals surface area contributed by atoms with Crippen molar-refractivity contribution in [2.75, 3.05) is 39.8 Å². The predicted molar refractivity (Wildman–Crippen MR) is 138 cm³/mol. The van der Waals surface area contributed by atoms with Gasteiger partial charge >= 0.3 is 0 Å². The second-order valence-corrected chi connectivity index (χ2v) is 8.90. The molecule has 3 aromatic rings. The Morgan fingerprint density at radius 2 is 1.80 bits per heavy atom. The molecule has 0 radical (unpaired) electrons. The van der Waals surface area contributed by atoms with E-state index in [1.54, 1.807) is 6.07 Å². The van der Waals surface area contributed by atoms with Gasteiger partial charge < -0.3 is 25.4 Å². The molecule has 35 heavy (non-hydrogen) atoms. The largest absolute Gasteiger partial charge is 0.508 e. The first kappa shape index (κ1) is 26.4. The fourth-order valence-electron chi connectivity index (χ4n) is 3.99. The highest BCUT2D eigenvalue weighted by atomic mass is 16.5. The molecule has 8 nitrogen and oxygen atoms in total. The van der Waals surface area contributed by atoms with Gasteiger partial charge in [-0.25, -0.2) is 0 Å². The Balaban J connectivity index is 0.000000795. The normalized spacial score (nSPS) is 14.0. The summed E-state index contributed by atoms with van der Waals surface area (Å²) in [6.07, 6.45) is 0.651. The number of hydrogen-bond acceptors (Lipinski definition) is 8. The van der Waals surface area contributed by atoms with Gasteiger partial charge in [-0.3, -0.25) is 9.69 Å². The number of aldehydes is 1. The van der Waals surface area contributed by atoms with E-state index in [9.17, 15) is 15.0 Å².